The molecule has 0 spiro atoms. The van der Waals surface area contributed by atoms with Crippen molar-refractivity contribution in [2.45, 2.75) is 426 Å². The van der Waals surface area contributed by atoms with Gasteiger partial charge in [0.1, 0.15) is 19.3 Å². The normalized spacial score (nSPS) is 14.0. The van der Waals surface area contributed by atoms with Gasteiger partial charge in [-0.1, -0.05) is 357 Å². The van der Waals surface area contributed by atoms with Crippen molar-refractivity contribution >= 4 is 39.5 Å². The topological polar surface area (TPSA) is 237 Å². The van der Waals surface area contributed by atoms with Gasteiger partial charge in [-0.15, -0.1) is 0 Å². The fourth-order valence-corrected chi connectivity index (χ4v) is 13.7. The molecule has 0 aliphatic rings. The summed E-state index contributed by atoms with van der Waals surface area (Å²) < 4.78 is 68.6. The van der Waals surface area contributed by atoms with Crippen LogP contribution in [-0.2, 0) is 65.4 Å². The van der Waals surface area contributed by atoms with E-state index >= 15 is 0 Å². The maximum Gasteiger partial charge on any atom is 0.472 e. The second-order valence-electron chi connectivity index (χ2n) is 29.9. The number of hydrogen-bond acceptors (Lipinski definition) is 15. The van der Waals surface area contributed by atoms with Crippen molar-refractivity contribution in [3.63, 3.8) is 0 Å². The van der Waals surface area contributed by atoms with E-state index in [1.807, 2.05) is 0 Å². The number of phosphoric ester groups is 2. The highest BCUT2D eigenvalue weighted by molar-refractivity contribution is 7.47. The Bertz CT molecular complexity index is 1900. The third kappa shape index (κ3) is 72.4. The Morgan fingerprint density at radius 2 is 0.469 bits per heavy atom. The number of unbranched alkanes of at least 4 members (excludes halogenated alkanes) is 45. The van der Waals surface area contributed by atoms with Gasteiger partial charge in [-0.3, -0.25) is 37.3 Å². The van der Waals surface area contributed by atoms with Crippen LogP contribution < -0.4 is 0 Å². The summed E-state index contributed by atoms with van der Waals surface area (Å²) in [5, 5.41) is 10.6. The summed E-state index contributed by atoms with van der Waals surface area (Å²) in [7, 11) is -9.92. The summed E-state index contributed by atoms with van der Waals surface area (Å²) in [6.45, 7) is 11.9. The van der Waals surface area contributed by atoms with Crippen LogP contribution in [0.4, 0.5) is 0 Å². The van der Waals surface area contributed by atoms with E-state index in [-0.39, 0.29) is 25.7 Å². The summed E-state index contributed by atoms with van der Waals surface area (Å²) in [5.41, 5.74) is 0. The molecule has 0 aromatic heterocycles. The maximum atomic E-state index is 13.1. The molecule has 0 saturated carbocycles. The summed E-state index contributed by atoms with van der Waals surface area (Å²) >= 11 is 0. The Kier molecular flexibility index (Phi) is 68.1. The van der Waals surface area contributed by atoms with E-state index in [0.29, 0.717) is 31.6 Å². The Hall–Kier alpha value is -1.94. The molecule has 0 saturated heterocycles. The van der Waals surface area contributed by atoms with Gasteiger partial charge in [0, 0.05) is 25.7 Å². The molecule has 0 heterocycles. The van der Waals surface area contributed by atoms with Crippen molar-refractivity contribution < 1.29 is 80.2 Å². The third-order valence-electron chi connectivity index (χ3n) is 18.4. The molecule has 19 heteroatoms. The minimum absolute atomic E-state index is 0.107. The SMILES string of the molecule is CCCCCCCCCCCCCCCCCC(=O)O[C@H](COC(=O)CCCCCCCCC(C)C)COP(=O)(O)OC[C@H](O)COP(=O)(O)OC[C@@H](COC(=O)CCCCCCCCCCCCCCC(C)C)OC(=O)CCCCCCCCCCCCCCCCCCC(C)C. The molecule has 0 radical (unpaired) electrons. The number of esters is 4. The van der Waals surface area contributed by atoms with Crippen molar-refractivity contribution in [2.24, 2.45) is 17.8 Å². The monoisotopic (exact) mass is 1440 g/mol. The van der Waals surface area contributed by atoms with Gasteiger partial charge in [-0.25, -0.2) is 9.13 Å². The zero-order chi connectivity index (χ0) is 72.3. The highest BCUT2D eigenvalue weighted by Crippen LogP contribution is 2.45. The number of carbonyl (C=O) groups is 4. The molecule has 0 amide bonds. The van der Waals surface area contributed by atoms with E-state index in [4.69, 9.17) is 37.0 Å². The lowest BCUT2D eigenvalue weighted by Gasteiger charge is -2.21. The van der Waals surface area contributed by atoms with Gasteiger partial charge in [-0.05, 0) is 43.4 Å². The smallest absolute Gasteiger partial charge is 0.462 e. The van der Waals surface area contributed by atoms with E-state index in [0.717, 1.165) is 108 Å². The predicted molar refractivity (Wildman–Crippen MR) is 400 cm³/mol. The first-order chi connectivity index (χ1) is 47.2. The molecule has 0 aliphatic carbocycles. The minimum atomic E-state index is -4.96. The summed E-state index contributed by atoms with van der Waals surface area (Å²) in [6.07, 6.45) is 57.0. The zero-order valence-electron chi connectivity index (χ0n) is 64.3. The van der Waals surface area contributed by atoms with Crippen molar-refractivity contribution in [1.82, 2.24) is 0 Å². The number of phosphoric acid groups is 2. The van der Waals surface area contributed by atoms with E-state index in [1.165, 1.54) is 212 Å². The molecule has 0 bridgehead atoms. The summed E-state index contributed by atoms with van der Waals surface area (Å²) in [6, 6.07) is 0. The molecule has 0 fully saturated rings. The Morgan fingerprint density at radius 3 is 0.694 bits per heavy atom. The van der Waals surface area contributed by atoms with Crippen LogP contribution in [0.2, 0.25) is 0 Å². The highest BCUT2D eigenvalue weighted by atomic mass is 31.2. The number of aliphatic hydroxyl groups excluding tert-OH is 1. The standard InChI is InChI=1S/C79H154O17P2/c1-8-9-10-11-12-13-14-15-18-22-29-34-39-48-55-63-79(84)96-75(67-90-77(82)61-54-47-42-41-45-52-59-72(6)7)69-94-98(87,88)92-65-73(80)64-91-97(85,86)93-68-74(66-89-76(81)60-53-46-38-33-28-25-24-27-32-37-44-51-58-71(4)5)95-78(83)62-56-49-40-35-30-23-20-17-16-19-21-26-31-36-43-50-57-70(2)3/h70-75,80H,8-69H2,1-7H3,(H,85,86)(H,87,88)/t73-,74-,75-/m1/s1. The molecule has 0 rings (SSSR count). The second kappa shape index (κ2) is 69.4. The Labute approximate surface area is 600 Å². The molecule has 0 aliphatic heterocycles. The lowest BCUT2D eigenvalue weighted by atomic mass is 10.0. The van der Waals surface area contributed by atoms with Crippen LogP contribution in [0.5, 0.6) is 0 Å². The van der Waals surface area contributed by atoms with Gasteiger partial charge < -0.3 is 33.8 Å². The van der Waals surface area contributed by atoms with E-state index in [1.54, 1.807) is 0 Å². The molecule has 17 nitrogen and oxygen atoms in total. The van der Waals surface area contributed by atoms with Crippen molar-refractivity contribution in [3.05, 3.63) is 0 Å². The number of rotatable bonds is 77. The van der Waals surface area contributed by atoms with Crippen LogP contribution >= 0.6 is 15.6 Å². The predicted octanol–water partition coefficient (Wildman–Crippen LogP) is 23.4. The van der Waals surface area contributed by atoms with E-state index in [9.17, 15) is 43.2 Å². The number of aliphatic hydroxyl groups is 1. The van der Waals surface area contributed by atoms with Gasteiger partial charge in [0.25, 0.3) is 0 Å². The average Bonchev–Trinajstić information content (AvgIpc) is 0.952. The van der Waals surface area contributed by atoms with Gasteiger partial charge in [-0.2, -0.15) is 0 Å². The number of ether oxygens (including phenoxy) is 4. The fraction of sp³-hybridized carbons (Fsp3) is 0.949. The van der Waals surface area contributed by atoms with Crippen molar-refractivity contribution in [1.29, 1.82) is 0 Å². The Morgan fingerprint density at radius 1 is 0.276 bits per heavy atom. The van der Waals surface area contributed by atoms with Gasteiger partial charge in [0.05, 0.1) is 26.4 Å². The van der Waals surface area contributed by atoms with Crippen LogP contribution in [-0.4, -0.2) is 96.7 Å². The van der Waals surface area contributed by atoms with Crippen LogP contribution in [0.3, 0.4) is 0 Å². The minimum Gasteiger partial charge on any atom is -0.462 e. The quantitative estimate of drug-likeness (QED) is 0.0222. The number of carbonyl (C=O) groups excluding carboxylic acids is 4. The zero-order valence-corrected chi connectivity index (χ0v) is 66.0. The number of hydrogen-bond donors (Lipinski definition) is 3. The lowest BCUT2D eigenvalue weighted by molar-refractivity contribution is -0.161. The molecular weight excluding hydrogens is 1280 g/mol. The van der Waals surface area contributed by atoms with Crippen LogP contribution in [0, 0.1) is 17.8 Å². The summed E-state index contributed by atoms with van der Waals surface area (Å²) in [5.74, 6) is 0.156. The molecular formula is C79H154O17P2. The third-order valence-corrected chi connectivity index (χ3v) is 20.3. The largest absolute Gasteiger partial charge is 0.472 e. The lowest BCUT2D eigenvalue weighted by Crippen LogP contribution is -2.30. The molecule has 582 valence electrons. The highest BCUT2D eigenvalue weighted by Gasteiger charge is 2.30. The first-order valence-corrected chi connectivity index (χ1v) is 43.8. The first-order valence-electron chi connectivity index (χ1n) is 40.8. The maximum absolute atomic E-state index is 13.1. The van der Waals surface area contributed by atoms with Crippen molar-refractivity contribution in [2.75, 3.05) is 39.6 Å². The van der Waals surface area contributed by atoms with Gasteiger partial charge >= 0.3 is 39.5 Å². The fourth-order valence-electron chi connectivity index (χ4n) is 12.1. The van der Waals surface area contributed by atoms with Crippen LogP contribution in [0.1, 0.15) is 408 Å². The summed E-state index contributed by atoms with van der Waals surface area (Å²) in [4.78, 5) is 72.9. The van der Waals surface area contributed by atoms with Gasteiger partial charge in [0.2, 0.25) is 0 Å². The van der Waals surface area contributed by atoms with Crippen LogP contribution in [0.25, 0.3) is 0 Å². The molecule has 0 aromatic rings. The van der Waals surface area contributed by atoms with E-state index < -0.39 is 97.5 Å². The molecule has 98 heavy (non-hydrogen) atoms. The van der Waals surface area contributed by atoms with Crippen LogP contribution in [0.15, 0.2) is 0 Å². The van der Waals surface area contributed by atoms with Crippen molar-refractivity contribution in [3.8, 4) is 0 Å². The molecule has 2 unspecified atom stereocenters. The molecule has 5 atom stereocenters. The Balaban J connectivity index is 5.23. The molecule has 3 N–H and O–H groups in total. The van der Waals surface area contributed by atoms with E-state index in [2.05, 4.69) is 48.5 Å². The average molecular weight is 1440 g/mol. The first kappa shape index (κ1) is 96.1. The van der Waals surface area contributed by atoms with Gasteiger partial charge in [0.15, 0.2) is 12.2 Å². The molecule has 0 aromatic carbocycles. The second-order valence-corrected chi connectivity index (χ2v) is 32.8.